The molecule has 0 amide bonds. The molecule has 4 nitrogen and oxygen atoms in total. The average Bonchev–Trinajstić information content (AvgIpc) is 2.92. The molecule has 0 spiro atoms. The Balaban J connectivity index is 2.30. The van der Waals surface area contributed by atoms with Crippen molar-refractivity contribution in [2.24, 2.45) is 0 Å². The number of nitro benzene ring substituents is 1. The molecule has 0 aliphatic carbocycles. The zero-order valence-electron chi connectivity index (χ0n) is 7.27. The molecule has 0 radical (unpaired) electrons. The zero-order chi connectivity index (χ0) is 10.1. The van der Waals surface area contributed by atoms with Crippen LogP contribution in [0, 0.1) is 10.1 Å². The third-order valence-corrected chi connectivity index (χ3v) is 3.02. The summed E-state index contributed by atoms with van der Waals surface area (Å²) in [6, 6.07) is 5.06. The lowest BCUT2D eigenvalue weighted by Crippen LogP contribution is -1.97. The van der Waals surface area contributed by atoms with Crippen LogP contribution in [0.5, 0.6) is 0 Å². The Morgan fingerprint density at radius 3 is 2.93 bits per heavy atom. The molecular formula is C9H8BrNO3. The smallest absolute Gasteiger partial charge is 0.283 e. The highest BCUT2D eigenvalue weighted by Gasteiger charge is 2.25. The van der Waals surface area contributed by atoms with Crippen LogP contribution in [0.25, 0.3) is 0 Å². The molecule has 14 heavy (non-hydrogen) atoms. The van der Waals surface area contributed by atoms with Crippen molar-refractivity contribution in [2.45, 2.75) is 12.5 Å². The van der Waals surface area contributed by atoms with E-state index in [0.29, 0.717) is 4.47 Å². The van der Waals surface area contributed by atoms with Gasteiger partial charge in [-0.1, -0.05) is 12.1 Å². The highest BCUT2D eigenvalue weighted by molar-refractivity contribution is 9.10. The first-order valence-corrected chi connectivity index (χ1v) is 5.01. The number of hydrogen-bond donors (Lipinski definition) is 0. The van der Waals surface area contributed by atoms with Crippen molar-refractivity contribution in [1.29, 1.82) is 0 Å². The Bertz CT molecular complexity index is 376. The van der Waals surface area contributed by atoms with Crippen LogP contribution < -0.4 is 0 Å². The van der Waals surface area contributed by atoms with Gasteiger partial charge >= 0.3 is 0 Å². The third kappa shape index (κ3) is 1.93. The first kappa shape index (κ1) is 9.61. The number of nitrogens with zero attached hydrogens (tertiary/aromatic N) is 1. The zero-order valence-corrected chi connectivity index (χ0v) is 8.86. The molecule has 1 heterocycles. The van der Waals surface area contributed by atoms with Crippen molar-refractivity contribution in [3.63, 3.8) is 0 Å². The van der Waals surface area contributed by atoms with Gasteiger partial charge < -0.3 is 4.74 Å². The molecule has 1 aliphatic heterocycles. The maximum absolute atomic E-state index is 10.6. The highest BCUT2D eigenvalue weighted by atomic mass is 79.9. The first-order chi connectivity index (χ1) is 6.68. The quantitative estimate of drug-likeness (QED) is 0.475. The van der Waals surface area contributed by atoms with Crippen molar-refractivity contribution in [2.75, 3.05) is 6.61 Å². The van der Waals surface area contributed by atoms with E-state index >= 15 is 0 Å². The van der Waals surface area contributed by atoms with Crippen LogP contribution in [-0.2, 0) is 11.2 Å². The molecule has 1 aromatic rings. The van der Waals surface area contributed by atoms with Crippen LogP contribution >= 0.6 is 15.9 Å². The van der Waals surface area contributed by atoms with E-state index < -0.39 is 0 Å². The van der Waals surface area contributed by atoms with Crippen LogP contribution in [0.15, 0.2) is 22.7 Å². The summed E-state index contributed by atoms with van der Waals surface area (Å²) >= 11 is 3.24. The Labute approximate surface area is 89.2 Å². The lowest BCUT2D eigenvalue weighted by molar-refractivity contribution is -0.385. The molecule has 0 N–H and O–H groups in total. The Morgan fingerprint density at radius 1 is 1.64 bits per heavy atom. The van der Waals surface area contributed by atoms with Crippen molar-refractivity contribution in [3.8, 4) is 0 Å². The maximum Gasteiger partial charge on any atom is 0.283 e. The van der Waals surface area contributed by atoms with Crippen LogP contribution in [-0.4, -0.2) is 17.6 Å². The molecule has 2 rings (SSSR count). The van der Waals surface area contributed by atoms with E-state index in [1.54, 1.807) is 6.07 Å². The van der Waals surface area contributed by atoms with Gasteiger partial charge in [0.1, 0.15) is 0 Å². The monoisotopic (exact) mass is 257 g/mol. The number of ether oxygens (including phenoxy) is 1. The number of halogens is 1. The molecule has 0 bridgehead atoms. The first-order valence-electron chi connectivity index (χ1n) is 4.22. The topological polar surface area (TPSA) is 55.7 Å². The van der Waals surface area contributed by atoms with E-state index in [2.05, 4.69) is 15.9 Å². The summed E-state index contributed by atoms with van der Waals surface area (Å²) in [5.41, 5.74) is 1.05. The van der Waals surface area contributed by atoms with E-state index in [9.17, 15) is 10.1 Å². The summed E-state index contributed by atoms with van der Waals surface area (Å²) < 4.78 is 5.65. The molecule has 74 valence electrons. The fraction of sp³-hybridized carbons (Fsp3) is 0.333. The second-order valence-corrected chi connectivity index (χ2v) is 3.96. The van der Waals surface area contributed by atoms with Crippen molar-refractivity contribution in [1.82, 2.24) is 0 Å². The van der Waals surface area contributed by atoms with Gasteiger partial charge in [0.05, 0.1) is 22.1 Å². The SMILES string of the molecule is O=[N+]([O-])c1cccc(CC2CO2)c1Br. The Hall–Kier alpha value is -0.940. The predicted octanol–water partition coefficient (Wildman–Crippen LogP) is 2.30. The molecule has 5 heteroatoms. The molecular weight excluding hydrogens is 250 g/mol. The average molecular weight is 258 g/mol. The van der Waals surface area contributed by atoms with Crippen molar-refractivity contribution in [3.05, 3.63) is 38.3 Å². The largest absolute Gasteiger partial charge is 0.373 e. The van der Waals surface area contributed by atoms with Crippen molar-refractivity contribution >= 4 is 21.6 Å². The minimum absolute atomic E-state index is 0.114. The van der Waals surface area contributed by atoms with Crippen LogP contribution in [0.2, 0.25) is 0 Å². The van der Waals surface area contributed by atoms with Crippen molar-refractivity contribution < 1.29 is 9.66 Å². The number of hydrogen-bond acceptors (Lipinski definition) is 3. The number of epoxide rings is 1. The molecule has 1 fully saturated rings. The molecule has 1 atom stereocenters. The van der Waals surface area contributed by atoms with Gasteiger partial charge in [-0.15, -0.1) is 0 Å². The van der Waals surface area contributed by atoms with Gasteiger partial charge in [-0.05, 0) is 21.5 Å². The molecule has 1 aliphatic rings. The molecule has 1 unspecified atom stereocenters. The molecule has 0 saturated carbocycles. The van der Waals surface area contributed by atoms with Crippen LogP contribution in [0.1, 0.15) is 5.56 Å². The molecule has 1 aromatic carbocycles. The standard InChI is InChI=1S/C9H8BrNO3/c10-9-6(4-7-5-14-7)2-1-3-8(9)11(12)13/h1-3,7H,4-5H2. The summed E-state index contributed by atoms with van der Waals surface area (Å²) in [5.74, 6) is 0. The Morgan fingerprint density at radius 2 is 2.36 bits per heavy atom. The third-order valence-electron chi connectivity index (χ3n) is 2.10. The number of benzene rings is 1. The van der Waals surface area contributed by atoms with Gasteiger partial charge in [-0.2, -0.15) is 0 Å². The predicted molar refractivity (Wildman–Crippen MR) is 54.2 cm³/mol. The maximum atomic E-state index is 10.6. The number of nitro groups is 1. The summed E-state index contributed by atoms with van der Waals surface area (Å²) in [5, 5.41) is 10.6. The van der Waals surface area contributed by atoms with Gasteiger partial charge in [0.2, 0.25) is 0 Å². The van der Waals surface area contributed by atoms with Crippen LogP contribution in [0.3, 0.4) is 0 Å². The minimum Gasteiger partial charge on any atom is -0.373 e. The second-order valence-electron chi connectivity index (χ2n) is 3.17. The molecule has 1 saturated heterocycles. The second kappa shape index (κ2) is 3.67. The normalized spacial score (nSPS) is 19.4. The lowest BCUT2D eigenvalue weighted by atomic mass is 10.1. The summed E-state index contributed by atoms with van der Waals surface area (Å²) in [6.45, 7) is 0.759. The number of rotatable bonds is 3. The summed E-state index contributed by atoms with van der Waals surface area (Å²) in [4.78, 5) is 10.2. The van der Waals surface area contributed by atoms with Gasteiger partial charge in [-0.25, -0.2) is 0 Å². The van der Waals surface area contributed by atoms with E-state index in [1.807, 2.05) is 6.07 Å². The van der Waals surface area contributed by atoms with E-state index in [-0.39, 0.29) is 16.7 Å². The van der Waals surface area contributed by atoms with Gasteiger partial charge in [-0.3, -0.25) is 10.1 Å². The Kier molecular flexibility index (Phi) is 2.52. The lowest BCUT2D eigenvalue weighted by Gasteiger charge is -2.02. The van der Waals surface area contributed by atoms with E-state index in [4.69, 9.17) is 4.74 Å². The fourth-order valence-electron chi connectivity index (χ4n) is 1.30. The molecule has 0 aromatic heterocycles. The minimum atomic E-state index is -0.388. The van der Waals surface area contributed by atoms with E-state index in [1.165, 1.54) is 6.07 Å². The van der Waals surface area contributed by atoms with Crippen LogP contribution in [0.4, 0.5) is 5.69 Å². The van der Waals surface area contributed by atoms with E-state index in [0.717, 1.165) is 18.6 Å². The summed E-state index contributed by atoms with van der Waals surface area (Å²) in [7, 11) is 0. The van der Waals surface area contributed by atoms with Gasteiger partial charge in [0, 0.05) is 12.5 Å². The van der Waals surface area contributed by atoms with Gasteiger partial charge in [0.25, 0.3) is 5.69 Å². The van der Waals surface area contributed by atoms with Gasteiger partial charge in [0.15, 0.2) is 0 Å². The summed E-state index contributed by atoms with van der Waals surface area (Å²) in [6.07, 6.45) is 0.982. The fourth-order valence-corrected chi connectivity index (χ4v) is 1.87. The highest BCUT2D eigenvalue weighted by Crippen LogP contribution is 2.30.